The summed E-state index contributed by atoms with van der Waals surface area (Å²) in [6, 6.07) is 14.8. The van der Waals surface area contributed by atoms with Crippen LogP contribution in [0.1, 0.15) is 32.4 Å². The van der Waals surface area contributed by atoms with Gasteiger partial charge in [0, 0.05) is 6.54 Å². The fraction of sp³-hybridized carbons (Fsp3) is 0.368. The molecule has 24 heavy (non-hydrogen) atoms. The Bertz CT molecular complexity index is 765. The van der Waals surface area contributed by atoms with Crippen LogP contribution in [0.5, 0.6) is 0 Å². The van der Waals surface area contributed by atoms with Gasteiger partial charge in [-0.2, -0.15) is 0 Å². The Morgan fingerprint density at radius 1 is 1.29 bits per heavy atom. The molecular formula is C19H23N3O2. The number of rotatable bonds is 3. The summed E-state index contributed by atoms with van der Waals surface area (Å²) in [5, 5.41) is 5.21. The molecule has 1 atom stereocenters. The Kier molecular flexibility index (Phi) is 4.69. The van der Waals surface area contributed by atoms with Gasteiger partial charge in [-0.05, 0) is 37.1 Å². The monoisotopic (exact) mass is 325 g/mol. The number of carbonyl (C=O) groups excluding carboxylic acids is 1. The summed E-state index contributed by atoms with van der Waals surface area (Å²) in [5.74, 6) is 0.584. The number of hydrogen-bond donors (Lipinski definition) is 1. The number of carbonyl (C=O) groups is 1. The molecule has 0 aliphatic carbocycles. The highest BCUT2D eigenvalue weighted by Gasteiger charge is 2.30. The van der Waals surface area contributed by atoms with Gasteiger partial charge >= 0.3 is 6.09 Å². The van der Waals surface area contributed by atoms with Crippen LogP contribution in [-0.4, -0.2) is 36.1 Å². The molecule has 1 N–H and O–H groups in total. The van der Waals surface area contributed by atoms with Gasteiger partial charge in [0.05, 0.1) is 18.7 Å². The largest absolute Gasteiger partial charge is 0.447 e. The van der Waals surface area contributed by atoms with Gasteiger partial charge in [0.1, 0.15) is 0 Å². The Morgan fingerprint density at radius 2 is 2.04 bits per heavy atom. The van der Waals surface area contributed by atoms with Crippen molar-refractivity contribution in [2.75, 3.05) is 13.1 Å². The molecule has 0 bridgehead atoms. The Labute approximate surface area is 142 Å². The van der Waals surface area contributed by atoms with E-state index >= 15 is 0 Å². The number of fused-ring (bicyclic) bond motifs is 1. The second kappa shape index (κ2) is 6.91. The lowest BCUT2D eigenvalue weighted by Crippen LogP contribution is -2.43. The van der Waals surface area contributed by atoms with Crippen LogP contribution in [0.25, 0.3) is 10.8 Å². The first-order valence-electron chi connectivity index (χ1n) is 8.36. The average Bonchev–Trinajstić information content (AvgIpc) is 2.95. The van der Waals surface area contributed by atoms with E-state index in [0.29, 0.717) is 12.5 Å². The predicted octanol–water partition coefficient (Wildman–Crippen LogP) is 3.71. The summed E-state index contributed by atoms with van der Waals surface area (Å²) in [7, 11) is 0. The number of amides is 1. The fourth-order valence-electron chi connectivity index (χ4n) is 3.13. The summed E-state index contributed by atoms with van der Waals surface area (Å²) in [4.78, 5) is 18.5. The van der Waals surface area contributed by atoms with E-state index in [-0.39, 0.29) is 12.1 Å². The second-order valence-electron chi connectivity index (χ2n) is 6.11. The molecule has 0 fully saturated rings. The maximum atomic E-state index is 11.9. The minimum Gasteiger partial charge on any atom is -0.447 e. The Morgan fingerprint density at radius 3 is 2.79 bits per heavy atom. The standard InChI is InChI=1S/C19H23N3O2/c1-4-22-17(12-20-18(22)21-19(23)24-13(2)3)16-11-7-9-14-8-5-6-10-15(14)16/h5-11,13,17H,4,12H2,1-3H3,(H,20,21,23). The molecule has 0 saturated heterocycles. The first kappa shape index (κ1) is 16.3. The minimum absolute atomic E-state index is 0.121. The van der Waals surface area contributed by atoms with Crippen molar-refractivity contribution in [3.8, 4) is 0 Å². The highest BCUT2D eigenvalue weighted by Crippen LogP contribution is 2.31. The molecular weight excluding hydrogens is 302 g/mol. The van der Waals surface area contributed by atoms with E-state index in [9.17, 15) is 4.79 Å². The Hall–Kier alpha value is -2.56. The number of nitrogens with one attached hydrogen (secondary N) is 1. The molecule has 0 radical (unpaired) electrons. The van der Waals surface area contributed by atoms with Gasteiger partial charge in [0.15, 0.2) is 0 Å². The van der Waals surface area contributed by atoms with E-state index < -0.39 is 6.09 Å². The summed E-state index contributed by atoms with van der Waals surface area (Å²) < 4.78 is 5.16. The number of ether oxygens (including phenoxy) is 1. The molecule has 1 amide bonds. The number of guanidine groups is 1. The van der Waals surface area contributed by atoms with Gasteiger partial charge in [0.2, 0.25) is 5.96 Å². The fourth-order valence-corrected chi connectivity index (χ4v) is 3.13. The third-order valence-corrected chi connectivity index (χ3v) is 4.14. The van der Waals surface area contributed by atoms with Gasteiger partial charge in [-0.3, -0.25) is 10.3 Å². The van der Waals surface area contributed by atoms with Crippen LogP contribution in [-0.2, 0) is 4.74 Å². The van der Waals surface area contributed by atoms with E-state index in [1.807, 2.05) is 19.9 Å². The van der Waals surface area contributed by atoms with Crippen molar-refractivity contribution in [2.45, 2.75) is 32.9 Å². The maximum absolute atomic E-state index is 11.9. The van der Waals surface area contributed by atoms with E-state index in [4.69, 9.17) is 4.74 Å². The first-order chi connectivity index (χ1) is 11.6. The zero-order chi connectivity index (χ0) is 17.1. The lowest BCUT2D eigenvalue weighted by atomic mass is 9.98. The van der Waals surface area contributed by atoms with Crippen molar-refractivity contribution >= 4 is 22.8 Å². The zero-order valence-electron chi connectivity index (χ0n) is 14.3. The lowest BCUT2D eigenvalue weighted by molar-refractivity contribution is 0.119. The highest BCUT2D eigenvalue weighted by molar-refractivity contribution is 5.96. The van der Waals surface area contributed by atoms with Crippen LogP contribution in [0.2, 0.25) is 0 Å². The number of hydrogen-bond acceptors (Lipinski definition) is 4. The molecule has 1 heterocycles. The van der Waals surface area contributed by atoms with Crippen LogP contribution >= 0.6 is 0 Å². The van der Waals surface area contributed by atoms with E-state index in [1.54, 1.807) is 0 Å². The van der Waals surface area contributed by atoms with Crippen molar-refractivity contribution in [3.63, 3.8) is 0 Å². The number of nitrogens with zero attached hydrogens (tertiary/aromatic N) is 2. The summed E-state index contributed by atoms with van der Waals surface area (Å²) in [6.07, 6.45) is -0.614. The van der Waals surface area contributed by atoms with Crippen LogP contribution in [0, 0.1) is 0 Å². The topological polar surface area (TPSA) is 53.9 Å². The van der Waals surface area contributed by atoms with Crippen LogP contribution in [0.3, 0.4) is 0 Å². The molecule has 1 aliphatic heterocycles. The third-order valence-electron chi connectivity index (χ3n) is 4.14. The van der Waals surface area contributed by atoms with Gasteiger partial charge in [0.25, 0.3) is 0 Å². The second-order valence-corrected chi connectivity index (χ2v) is 6.11. The number of alkyl carbamates (subject to hydrolysis) is 1. The van der Waals surface area contributed by atoms with Crippen molar-refractivity contribution < 1.29 is 9.53 Å². The minimum atomic E-state index is -0.458. The molecule has 0 aromatic heterocycles. The quantitative estimate of drug-likeness (QED) is 0.936. The average molecular weight is 325 g/mol. The molecule has 1 unspecified atom stereocenters. The smallest absolute Gasteiger partial charge is 0.414 e. The van der Waals surface area contributed by atoms with E-state index in [0.717, 1.165) is 6.54 Å². The van der Waals surface area contributed by atoms with Gasteiger partial charge in [-0.15, -0.1) is 0 Å². The molecule has 5 nitrogen and oxygen atoms in total. The van der Waals surface area contributed by atoms with Crippen molar-refractivity contribution in [3.05, 3.63) is 48.0 Å². The normalized spacial score (nSPS) is 17.2. The molecule has 1 aliphatic rings. The van der Waals surface area contributed by atoms with Gasteiger partial charge in [-0.1, -0.05) is 42.5 Å². The van der Waals surface area contributed by atoms with Gasteiger partial charge in [-0.25, -0.2) is 4.79 Å². The number of likely N-dealkylation sites (N-methyl/N-ethyl adjacent to an activating group) is 1. The molecule has 2 aromatic rings. The number of aliphatic imine (C=N–C) groups is 1. The molecule has 126 valence electrons. The summed E-state index contributed by atoms with van der Waals surface area (Å²) in [5.41, 5.74) is 1.23. The van der Waals surface area contributed by atoms with E-state index in [1.165, 1.54) is 16.3 Å². The third kappa shape index (κ3) is 3.20. The molecule has 2 aromatic carbocycles. The number of benzene rings is 2. The van der Waals surface area contributed by atoms with Crippen LogP contribution in [0.4, 0.5) is 4.79 Å². The summed E-state index contributed by atoms with van der Waals surface area (Å²) >= 11 is 0. The maximum Gasteiger partial charge on any atom is 0.414 e. The van der Waals surface area contributed by atoms with Crippen molar-refractivity contribution in [2.24, 2.45) is 4.99 Å². The van der Waals surface area contributed by atoms with Gasteiger partial charge < -0.3 is 9.64 Å². The molecule has 3 rings (SSSR count). The Balaban J connectivity index is 1.84. The van der Waals surface area contributed by atoms with E-state index in [2.05, 4.69) is 58.5 Å². The summed E-state index contributed by atoms with van der Waals surface area (Å²) in [6.45, 7) is 7.10. The first-order valence-corrected chi connectivity index (χ1v) is 8.36. The van der Waals surface area contributed by atoms with Crippen LogP contribution in [0.15, 0.2) is 47.5 Å². The zero-order valence-corrected chi connectivity index (χ0v) is 14.3. The van der Waals surface area contributed by atoms with Crippen molar-refractivity contribution in [1.82, 2.24) is 10.2 Å². The SMILES string of the molecule is CCN1C(NC(=O)OC(C)C)=NCC1c1cccc2ccccc12. The molecule has 5 heteroatoms. The highest BCUT2D eigenvalue weighted by atomic mass is 16.6. The van der Waals surface area contributed by atoms with Crippen molar-refractivity contribution in [1.29, 1.82) is 0 Å². The molecule has 0 saturated carbocycles. The van der Waals surface area contributed by atoms with Crippen LogP contribution < -0.4 is 5.32 Å². The predicted molar refractivity (Wildman–Crippen MR) is 96.1 cm³/mol. The lowest BCUT2D eigenvalue weighted by Gasteiger charge is -2.27. The molecule has 0 spiro atoms.